The van der Waals surface area contributed by atoms with Crippen LogP contribution in [-0.2, 0) is 17.8 Å². The van der Waals surface area contributed by atoms with Crippen molar-refractivity contribution in [2.24, 2.45) is 4.99 Å². The van der Waals surface area contributed by atoms with Crippen LogP contribution in [0.1, 0.15) is 25.0 Å². The maximum absolute atomic E-state index is 12.7. The first-order chi connectivity index (χ1) is 15.7. The number of hydrogen-bond acceptors (Lipinski definition) is 3. The Kier molecular flexibility index (Phi) is 11.4. The molecule has 0 fully saturated rings. The number of likely N-dealkylation sites (N-methyl/N-ethyl adjacent to an activating group) is 1. The molecule has 0 unspecified atom stereocenters. The van der Waals surface area contributed by atoms with Gasteiger partial charge in [-0.25, -0.2) is 9.67 Å². The van der Waals surface area contributed by atoms with Crippen molar-refractivity contribution in [3.8, 4) is 5.69 Å². The van der Waals surface area contributed by atoms with E-state index in [0.29, 0.717) is 19.0 Å². The second-order valence-corrected chi connectivity index (χ2v) is 7.38. The molecule has 1 amide bonds. The Morgan fingerprint density at radius 1 is 1.00 bits per heavy atom. The molecule has 7 nitrogen and oxygen atoms in total. The number of nitrogens with zero attached hydrogens (tertiary/aromatic N) is 4. The molecule has 2 aromatic carbocycles. The van der Waals surface area contributed by atoms with E-state index in [1.807, 2.05) is 66.0 Å². The van der Waals surface area contributed by atoms with Gasteiger partial charge in [-0.3, -0.25) is 4.79 Å². The summed E-state index contributed by atoms with van der Waals surface area (Å²) in [5.41, 5.74) is 3.38. The van der Waals surface area contributed by atoms with Crippen LogP contribution in [-0.4, -0.2) is 52.7 Å². The number of nitrogens with one attached hydrogen (secondary N) is 2. The quantitative estimate of drug-likeness (QED) is 0.226. The summed E-state index contributed by atoms with van der Waals surface area (Å²) in [4.78, 5) is 19.0. The van der Waals surface area contributed by atoms with Gasteiger partial charge in [0.25, 0.3) is 0 Å². The van der Waals surface area contributed by atoms with Crippen molar-refractivity contribution < 1.29 is 4.79 Å². The number of aliphatic imine (C=N–C) groups is 1. The smallest absolute Gasteiger partial charge is 0.244 e. The molecule has 2 N–H and O–H groups in total. The molecule has 0 bridgehead atoms. The van der Waals surface area contributed by atoms with Crippen molar-refractivity contribution >= 4 is 35.8 Å². The number of amides is 1. The van der Waals surface area contributed by atoms with Gasteiger partial charge in [0, 0.05) is 38.6 Å². The van der Waals surface area contributed by atoms with Gasteiger partial charge in [-0.05, 0) is 49.6 Å². The number of carbonyl (C=O) groups is 1. The van der Waals surface area contributed by atoms with Gasteiger partial charge in [-0.2, -0.15) is 5.10 Å². The molecule has 1 aromatic heterocycles. The molecule has 0 aliphatic heterocycles. The summed E-state index contributed by atoms with van der Waals surface area (Å²) < 4.78 is 1.84. The highest BCUT2D eigenvalue weighted by Crippen LogP contribution is 2.09. The fourth-order valence-corrected chi connectivity index (χ4v) is 3.33. The van der Waals surface area contributed by atoms with Crippen molar-refractivity contribution in [1.82, 2.24) is 25.3 Å². The summed E-state index contributed by atoms with van der Waals surface area (Å²) in [5.74, 6) is 0.674. The number of guanidine groups is 1. The first-order valence-electron chi connectivity index (χ1n) is 11.1. The molecule has 0 saturated heterocycles. The van der Waals surface area contributed by atoms with Crippen LogP contribution in [0.4, 0.5) is 0 Å². The Morgan fingerprint density at radius 2 is 1.76 bits per heavy atom. The third-order valence-corrected chi connectivity index (χ3v) is 5.08. The van der Waals surface area contributed by atoms with Gasteiger partial charge in [0.15, 0.2) is 5.96 Å². The van der Waals surface area contributed by atoms with Crippen LogP contribution < -0.4 is 10.6 Å². The minimum atomic E-state index is 0. The molecule has 0 radical (unpaired) electrons. The van der Waals surface area contributed by atoms with E-state index in [1.54, 1.807) is 6.20 Å². The zero-order valence-corrected chi connectivity index (χ0v) is 21.6. The summed E-state index contributed by atoms with van der Waals surface area (Å²) in [6.45, 7) is 6.84. The number of hydrogen-bond donors (Lipinski definition) is 2. The fourth-order valence-electron chi connectivity index (χ4n) is 3.33. The standard InChI is InChI=1S/C25H32N6O.HI/c1-3-26-25(28-19-24(32)30(4-2)20-22-9-6-5-7-10-22)27-17-15-21-11-13-23(14-12-21)31-18-8-16-29-31;/h5-14,16,18H,3-4,15,17,19-20H2,1-2H3,(H2,26,27,28);1H. The molecule has 33 heavy (non-hydrogen) atoms. The lowest BCUT2D eigenvalue weighted by Gasteiger charge is -2.20. The van der Waals surface area contributed by atoms with Crippen molar-refractivity contribution in [2.75, 3.05) is 26.2 Å². The van der Waals surface area contributed by atoms with Gasteiger partial charge in [0.2, 0.25) is 5.91 Å². The van der Waals surface area contributed by atoms with Gasteiger partial charge in [0.1, 0.15) is 6.54 Å². The van der Waals surface area contributed by atoms with Gasteiger partial charge in [-0.1, -0.05) is 42.5 Å². The highest BCUT2D eigenvalue weighted by molar-refractivity contribution is 14.0. The topological polar surface area (TPSA) is 74.6 Å². The van der Waals surface area contributed by atoms with Crippen LogP contribution in [0.25, 0.3) is 5.69 Å². The minimum Gasteiger partial charge on any atom is -0.357 e. The first-order valence-corrected chi connectivity index (χ1v) is 11.1. The second-order valence-electron chi connectivity index (χ2n) is 7.38. The van der Waals surface area contributed by atoms with Crippen LogP contribution in [0.2, 0.25) is 0 Å². The predicted molar refractivity (Wildman–Crippen MR) is 144 cm³/mol. The normalized spacial score (nSPS) is 10.9. The number of halogens is 1. The van der Waals surface area contributed by atoms with E-state index in [9.17, 15) is 4.79 Å². The van der Waals surface area contributed by atoms with E-state index in [-0.39, 0.29) is 36.4 Å². The predicted octanol–water partition coefficient (Wildman–Crippen LogP) is 3.64. The van der Waals surface area contributed by atoms with E-state index in [2.05, 4.69) is 45.0 Å². The zero-order chi connectivity index (χ0) is 22.6. The molecule has 0 atom stereocenters. The Labute approximate surface area is 213 Å². The number of carbonyl (C=O) groups excluding carboxylic acids is 1. The van der Waals surface area contributed by atoms with Crippen molar-refractivity contribution in [3.63, 3.8) is 0 Å². The average Bonchev–Trinajstić information content (AvgIpc) is 3.37. The van der Waals surface area contributed by atoms with Gasteiger partial charge in [-0.15, -0.1) is 24.0 Å². The lowest BCUT2D eigenvalue weighted by atomic mass is 10.1. The van der Waals surface area contributed by atoms with Crippen molar-refractivity contribution in [2.45, 2.75) is 26.8 Å². The van der Waals surface area contributed by atoms with Crippen LogP contribution >= 0.6 is 24.0 Å². The first kappa shape index (κ1) is 26.4. The number of aromatic nitrogens is 2. The molecule has 0 saturated carbocycles. The third-order valence-electron chi connectivity index (χ3n) is 5.08. The van der Waals surface area contributed by atoms with E-state index in [0.717, 1.165) is 30.8 Å². The van der Waals surface area contributed by atoms with Gasteiger partial charge in [0.05, 0.1) is 5.69 Å². The maximum Gasteiger partial charge on any atom is 0.244 e. The lowest BCUT2D eigenvalue weighted by molar-refractivity contribution is -0.130. The third kappa shape index (κ3) is 8.53. The van der Waals surface area contributed by atoms with Crippen molar-refractivity contribution in [1.29, 1.82) is 0 Å². The Morgan fingerprint density at radius 3 is 2.39 bits per heavy atom. The van der Waals surface area contributed by atoms with Gasteiger partial charge < -0.3 is 15.5 Å². The molecular formula is C25H33IN6O. The molecule has 0 aliphatic carbocycles. The van der Waals surface area contributed by atoms with E-state index < -0.39 is 0 Å². The fraction of sp³-hybridized carbons (Fsp3) is 0.320. The summed E-state index contributed by atoms with van der Waals surface area (Å²) in [6.07, 6.45) is 4.55. The number of rotatable bonds is 10. The minimum absolute atomic E-state index is 0. The SMILES string of the molecule is CCNC(=NCC(=O)N(CC)Cc1ccccc1)NCCc1ccc(-n2cccn2)cc1.I. The zero-order valence-electron chi connectivity index (χ0n) is 19.3. The molecule has 8 heteroatoms. The highest BCUT2D eigenvalue weighted by atomic mass is 127. The van der Waals surface area contributed by atoms with Gasteiger partial charge >= 0.3 is 0 Å². The molecule has 1 heterocycles. The van der Waals surface area contributed by atoms with E-state index in [4.69, 9.17) is 0 Å². The summed E-state index contributed by atoms with van der Waals surface area (Å²) in [5, 5.41) is 10.8. The highest BCUT2D eigenvalue weighted by Gasteiger charge is 2.12. The van der Waals surface area contributed by atoms with Crippen molar-refractivity contribution in [3.05, 3.63) is 84.2 Å². The van der Waals surface area contributed by atoms with E-state index in [1.165, 1.54) is 5.56 Å². The van der Waals surface area contributed by atoms with Crippen LogP contribution in [0.3, 0.4) is 0 Å². The molecule has 3 rings (SSSR count). The molecule has 0 spiro atoms. The molecule has 176 valence electrons. The van der Waals surface area contributed by atoms with E-state index >= 15 is 0 Å². The molecular weight excluding hydrogens is 527 g/mol. The largest absolute Gasteiger partial charge is 0.357 e. The monoisotopic (exact) mass is 560 g/mol. The second kappa shape index (κ2) is 14.3. The Hall–Kier alpha value is -2.88. The summed E-state index contributed by atoms with van der Waals surface area (Å²) in [6, 6.07) is 20.3. The van der Waals surface area contributed by atoms with Crippen LogP contribution in [0.15, 0.2) is 78.0 Å². The number of benzene rings is 2. The average molecular weight is 560 g/mol. The molecule has 3 aromatic rings. The Balaban J connectivity index is 0.00000385. The van der Waals surface area contributed by atoms with Crippen LogP contribution in [0, 0.1) is 0 Å². The summed E-state index contributed by atoms with van der Waals surface area (Å²) >= 11 is 0. The Bertz CT molecular complexity index is 974. The lowest BCUT2D eigenvalue weighted by Crippen LogP contribution is -2.40. The summed E-state index contributed by atoms with van der Waals surface area (Å²) in [7, 11) is 0. The maximum atomic E-state index is 12.7. The van der Waals surface area contributed by atoms with Crippen LogP contribution in [0.5, 0.6) is 0 Å². The molecule has 0 aliphatic rings.